The normalized spacial score (nSPS) is 17.8. The van der Waals surface area contributed by atoms with E-state index in [0.717, 1.165) is 49.4 Å². The molecule has 0 atom stereocenters. The maximum Gasteiger partial charge on any atom is 0.261 e. The average Bonchev–Trinajstić information content (AvgIpc) is 3.18. The summed E-state index contributed by atoms with van der Waals surface area (Å²) in [6.07, 6.45) is 2.81. The summed E-state index contributed by atoms with van der Waals surface area (Å²) in [4.78, 5) is 14.8. The number of methoxy groups -OCH3 is 2. The van der Waals surface area contributed by atoms with Crippen molar-refractivity contribution in [2.75, 3.05) is 33.9 Å². The van der Waals surface area contributed by atoms with Gasteiger partial charge in [0, 0.05) is 17.8 Å². The molecule has 1 aromatic carbocycles. The van der Waals surface area contributed by atoms with E-state index in [4.69, 9.17) is 14.2 Å². The molecular formula is C21H26N2O4S. The molecule has 0 bridgehead atoms. The summed E-state index contributed by atoms with van der Waals surface area (Å²) in [6.45, 7) is 3.08. The second kappa shape index (κ2) is 8.11. The summed E-state index contributed by atoms with van der Waals surface area (Å²) in [6, 6.07) is 7.71. The highest BCUT2D eigenvalue weighted by molar-refractivity contribution is 7.14. The predicted molar refractivity (Wildman–Crippen MR) is 108 cm³/mol. The molecule has 6 nitrogen and oxygen atoms in total. The molecule has 0 saturated carbocycles. The Bertz CT molecular complexity index is 858. The Morgan fingerprint density at radius 2 is 2.00 bits per heavy atom. The molecule has 3 heterocycles. The number of ether oxygens (including phenoxy) is 3. The highest BCUT2D eigenvalue weighted by Crippen LogP contribution is 2.43. The number of benzene rings is 1. The van der Waals surface area contributed by atoms with Crippen LogP contribution >= 0.6 is 11.3 Å². The van der Waals surface area contributed by atoms with Gasteiger partial charge in [-0.15, -0.1) is 11.3 Å². The van der Waals surface area contributed by atoms with Gasteiger partial charge in [0.25, 0.3) is 5.91 Å². The van der Waals surface area contributed by atoms with Crippen LogP contribution < -0.4 is 20.1 Å². The monoisotopic (exact) mass is 402 g/mol. The van der Waals surface area contributed by atoms with Gasteiger partial charge in [-0.1, -0.05) is 6.07 Å². The van der Waals surface area contributed by atoms with Crippen molar-refractivity contribution in [3.63, 3.8) is 0 Å². The largest absolute Gasteiger partial charge is 0.493 e. The van der Waals surface area contributed by atoms with E-state index in [0.29, 0.717) is 18.0 Å². The zero-order chi connectivity index (χ0) is 19.6. The molecule has 1 spiro atoms. The number of nitrogens with one attached hydrogen (secondary N) is 2. The van der Waals surface area contributed by atoms with Crippen molar-refractivity contribution >= 4 is 17.2 Å². The van der Waals surface area contributed by atoms with E-state index in [-0.39, 0.29) is 11.5 Å². The van der Waals surface area contributed by atoms with E-state index in [1.165, 1.54) is 10.4 Å². The first-order valence-corrected chi connectivity index (χ1v) is 10.4. The molecule has 150 valence electrons. The van der Waals surface area contributed by atoms with Crippen LogP contribution in [0.3, 0.4) is 0 Å². The third-order valence-electron chi connectivity index (χ3n) is 5.54. The number of fused-ring (bicyclic) bond motifs is 2. The number of carbonyl (C=O) groups is 1. The fraction of sp³-hybridized carbons (Fsp3) is 0.476. The topological polar surface area (TPSA) is 68.8 Å². The molecular weight excluding hydrogens is 376 g/mol. The van der Waals surface area contributed by atoms with Crippen LogP contribution in [0.4, 0.5) is 0 Å². The van der Waals surface area contributed by atoms with Gasteiger partial charge in [-0.3, -0.25) is 4.79 Å². The van der Waals surface area contributed by atoms with Crippen LogP contribution in [0, 0.1) is 0 Å². The Morgan fingerprint density at radius 1 is 1.21 bits per heavy atom. The second-order valence-electron chi connectivity index (χ2n) is 7.16. The van der Waals surface area contributed by atoms with E-state index in [2.05, 4.69) is 16.7 Å². The van der Waals surface area contributed by atoms with Crippen LogP contribution in [0.5, 0.6) is 11.5 Å². The second-order valence-corrected chi connectivity index (χ2v) is 8.30. The maximum absolute atomic E-state index is 12.8. The summed E-state index contributed by atoms with van der Waals surface area (Å²) < 4.78 is 16.8. The molecule has 1 amide bonds. The quantitative estimate of drug-likeness (QED) is 0.805. The summed E-state index contributed by atoms with van der Waals surface area (Å²) in [7, 11) is 3.21. The zero-order valence-electron chi connectivity index (χ0n) is 16.3. The number of amides is 1. The number of piperidine rings is 1. The van der Waals surface area contributed by atoms with Crippen molar-refractivity contribution < 1.29 is 19.0 Å². The van der Waals surface area contributed by atoms with Crippen LogP contribution in [0.25, 0.3) is 0 Å². The predicted octanol–water partition coefficient (Wildman–Crippen LogP) is 2.85. The molecule has 2 aliphatic heterocycles. The first-order valence-electron chi connectivity index (χ1n) is 9.62. The van der Waals surface area contributed by atoms with Gasteiger partial charge in [-0.05, 0) is 55.3 Å². The molecule has 2 aliphatic rings. The Balaban J connectivity index is 1.48. The van der Waals surface area contributed by atoms with E-state index < -0.39 is 0 Å². The Hall–Kier alpha value is -2.09. The fourth-order valence-corrected chi connectivity index (χ4v) is 5.18. The lowest BCUT2D eigenvalue weighted by Gasteiger charge is -2.40. The average molecular weight is 403 g/mol. The summed E-state index contributed by atoms with van der Waals surface area (Å²) >= 11 is 1.60. The number of carbonyl (C=O) groups excluding carboxylic acids is 1. The molecule has 7 heteroatoms. The van der Waals surface area contributed by atoms with Crippen molar-refractivity contribution in [2.45, 2.75) is 31.4 Å². The van der Waals surface area contributed by atoms with Crippen molar-refractivity contribution in [1.82, 2.24) is 10.6 Å². The highest BCUT2D eigenvalue weighted by atomic mass is 32.1. The molecule has 4 rings (SSSR count). The fourth-order valence-electron chi connectivity index (χ4n) is 4.03. The minimum absolute atomic E-state index is 0.0433. The van der Waals surface area contributed by atoms with Crippen LogP contribution in [0.15, 0.2) is 24.3 Å². The summed E-state index contributed by atoms with van der Waals surface area (Å²) in [5, 5.41) is 6.42. The van der Waals surface area contributed by atoms with Crippen molar-refractivity contribution in [2.24, 2.45) is 0 Å². The third-order valence-corrected chi connectivity index (χ3v) is 6.74. The smallest absolute Gasteiger partial charge is 0.261 e. The minimum Gasteiger partial charge on any atom is -0.493 e. The van der Waals surface area contributed by atoms with E-state index in [9.17, 15) is 4.79 Å². The van der Waals surface area contributed by atoms with Gasteiger partial charge in [0.1, 0.15) is 0 Å². The van der Waals surface area contributed by atoms with Gasteiger partial charge in [0.2, 0.25) is 0 Å². The molecule has 0 aliphatic carbocycles. The minimum atomic E-state index is -0.211. The van der Waals surface area contributed by atoms with E-state index in [1.807, 2.05) is 18.2 Å². The molecule has 1 fully saturated rings. The number of hydrogen-bond acceptors (Lipinski definition) is 6. The summed E-state index contributed by atoms with van der Waals surface area (Å²) in [5.74, 6) is 1.29. The van der Waals surface area contributed by atoms with Crippen LogP contribution in [0.1, 0.15) is 38.5 Å². The number of thiophene rings is 1. The van der Waals surface area contributed by atoms with Crippen LogP contribution in [0.2, 0.25) is 0 Å². The van der Waals surface area contributed by atoms with Crippen molar-refractivity contribution in [1.29, 1.82) is 0 Å². The van der Waals surface area contributed by atoms with Gasteiger partial charge in [0.15, 0.2) is 11.5 Å². The lowest BCUT2D eigenvalue weighted by Crippen LogP contribution is -2.44. The number of rotatable bonds is 5. The molecule has 2 N–H and O–H groups in total. The van der Waals surface area contributed by atoms with Gasteiger partial charge < -0.3 is 24.8 Å². The van der Waals surface area contributed by atoms with E-state index >= 15 is 0 Å². The first-order chi connectivity index (χ1) is 13.6. The molecule has 1 aromatic heterocycles. The molecule has 1 saturated heterocycles. The standard InChI is InChI=1S/C21H26N2O4S/c1-25-16-4-3-14(11-17(16)26-2)13-23-20(24)19-12-15-18(28-19)5-10-27-21(15)6-8-22-9-7-21/h3-4,11-12,22H,5-10,13H2,1-2H3,(H,23,24). The SMILES string of the molecule is COc1ccc(CNC(=O)c2cc3c(s2)CCOC32CCNCC2)cc1OC. The highest BCUT2D eigenvalue weighted by Gasteiger charge is 2.40. The van der Waals surface area contributed by atoms with Gasteiger partial charge in [0.05, 0.1) is 31.3 Å². The first kappa shape index (κ1) is 19.2. The Morgan fingerprint density at radius 3 is 2.75 bits per heavy atom. The van der Waals surface area contributed by atoms with Crippen LogP contribution in [-0.4, -0.2) is 39.8 Å². The number of hydrogen-bond donors (Lipinski definition) is 2. The van der Waals surface area contributed by atoms with Gasteiger partial charge in [-0.25, -0.2) is 0 Å². The molecule has 28 heavy (non-hydrogen) atoms. The van der Waals surface area contributed by atoms with Crippen molar-refractivity contribution in [3.8, 4) is 11.5 Å². The molecule has 2 aromatic rings. The third kappa shape index (κ3) is 3.62. The Labute approximate surface area is 169 Å². The lowest BCUT2D eigenvalue weighted by molar-refractivity contribution is -0.0792. The molecule has 0 unspecified atom stereocenters. The maximum atomic E-state index is 12.8. The van der Waals surface area contributed by atoms with Gasteiger partial charge in [-0.2, -0.15) is 0 Å². The zero-order valence-corrected chi connectivity index (χ0v) is 17.1. The van der Waals surface area contributed by atoms with Crippen LogP contribution in [-0.2, 0) is 23.3 Å². The van der Waals surface area contributed by atoms with Gasteiger partial charge >= 0.3 is 0 Å². The molecule has 0 radical (unpaired) electrons. The van der Waals surface area contributed by atoms with E-state index in [1.54, 1.807) is 25.6 Å². The summed E-state index contributed by atoms with van der Waals surface area (Å²) in [5.41, 5.74) is 1.98. The van der Waals surface area contributed by atoms with Crippen molar-refractivity contribution in [3.05, 3.63) is 45.1 Å². The Kier molecular flexibility index (Phi) is 5.57. The lowest BCUT2D eigenvalue weighted by atomic mass is 9.83.